The fourth-order valence-electron chi connectivity index (χ4n) is 6.20. The minimum Gasteiger partial charge on any atom is -0.873 e. The van der Waals surface area contributed by atoms with Crippen LogP contribution in [0.5, 0.6) is 11.5 Å². The summed E-state index contributed by atoms with van der Waals surface area (Å²) in [5.41, 5.74) is 6.45. The van der Waals surface area contributed by atoms with E-state index in [0.29, 0.717) is 0 Å². The van der Waals surface area contributed by atoms with Crippen molar-refractivity contribution in [3.8, 4) is 11.5 Å². The van der Waals surface area contributed by atoms with Crippen molar-refractivity contribution in [3.63, 3.8) is 0 Å². The number of hydrogen-bond donors (Lipinski definition) is 0. The predicted octanol–water partition coefficient (Wildman–Crippen LogP) is 14.8. The first-order valence-electron chi connectivity index (χ1n) is 21.6. The Bertz CT molecular complexity index is 1510. The molecule has 0 radical (unpaired) electrons. The molecule has 55 heavy (non-hydrogen) atoms. The van der Waals surface area contributed by atoms with E-state index in [1.165, 1.54) is 113 Å². The largest absolute Gasteiger partial charge is 2.00 e. The van der Waals surface area contributed by atoms with Gasteiger partial charge in [-0.3, -0.25) is 9.98 Å². The van der Waals surface area contributed by atoms with Crippen LogP contribution in [-0.2, 0) is 22.9 Å². The van der Waals surface area contributed by atoms with E-state index in [4.69, 9.17) is 9.98 Å². The molecule has 3 aromatic rings. The van der Waals surface area contributed by atoms with Crippen molar-refractivity contribution in [1.82, 2.24) is 0 Å². The van der Waals surface area contributed by atoms with Crippen LogP contribution in [0.25, 0.3) is 12.2 Å². The predicted molar refractivity (Wildman–Crippen MR) is 235 cm³/mol. The molecule has 0 saturated heterocycles. The van der Waals surface area contributed by atoms with Gasteiger partial charge in [0.05, 0.1) is 17.1 Å². The van der Waals surface area contributed by atoms with Crippen LogP contribution in [-0.4, -0.2) is 11.9 Å². The molecule has 0 fully saturated rings. The summed E-state index contributed by atoms with van der Waals surface area (Å²) in [4.78, 5) is 9.84. The second-order valence-electron chi connectivity index (χ2n) is 14.7. The monoisotopic (exact) mass is 790 g/mol. The van der Waals surface area contributed by atoms with Gasteiger partial charge in [-0.25, -0.2) is 0 Å². The summed E-state index contributed by atoms with van der Waals surface area (Å²) in [6.07, 6.45) is 38.7. The molecule has 0 atom stereocenters. The fraction of sp³-hybridized carbons (Fsp3) is 0.520. The Kier molecular flexibility index (Phi) is 30.5. The van der Waals surface area contributed by atoms with Crippen LogP contribution in [0.4, 0.5) is 11.4 Å². The van der Waals surface area contributed by atoms with E-state index >= 15 is 0 Å². The average Bonchev–Trinajstić information content (AvgIpc) is 3.18. The molecular weight excluding hydrogens is 719 g/mol. The number of hydrogen-bond acceptors (Lipinski definition) is 4. The molecule has 0 spiro atoms. The van der Waals surface area contributed by atoms with Crippen LogP contribution in [0.1, 0.15) is 179 Å². The van der Waals surface area contributed by atoms with Gasteiger partial charge in [0.2, 0.25) is 0 Å². The van der Waals surface area contributed by atoms with Crippen molar-refractivity contribution in [1.29, 1.82) is 0 Å². The van der Waals surface area contributed by atoms with Crippen molar-refractivity contribution in [2.45, 2.75) is 169 Å². The molecule has 0 N–H and O–H groups in total. The maximum atomic E-state index is 10.9. The minimum absolute atomic E-state index is 0. The van der Waals surface area contributed by atoms with Crippen molar-refractivity contribution in [3.05, 3.63) is 95.6 Å². The molecule has 0 unspecified atom stereocenters. The average molecular weight is 792 g/mol. The molecule has 0 aliphatic rings. The molecule has 0 heterocycles. The Hall–Kier alpha value is -3.43. The van der Waals surface area contributed by atoms with Crippen LogP contribution >= 0.6 is 0 Å². The van der Waals surface area contributed by atoms with Gasteiger partial charge in [0, 0.05) is 6.21 Å². The third-order valence-electron chi connectivity index (χ3n) is 9.56. The van der Waals surface area contributed by atoms with Crippen molar-refractivity contribution >= 4 is 35.5 Å². The first kappa shape index (κ1) is 49.6. The molecular formula is C50H72N2NiO2. The zero-order valence-corrected chi connectivity index (χ0v) is 35.8. The summed E-state index contributed by atoms with van der Waals surface area (Å²) >= 11 is 0. The van der Waals surface area contributed by atoms with Crippen LogP contribution < -0.4 is 10.2 Å². The summed E-state index contributed by atoms with van der Waals surface area (Å²) in [6.45, 7) is 8.89. The smallest absolute Gasteiger partial charge is 0.873 e. The van der Waals surface area contributed by atoms with Gasteiger partial charge in [-0.05, 0) is 92.3 Å². The van der Waals surface area contributed by atoms with Gasteiger partial charge in [-0.1, -0.05) is 184 Å². The number of nitrogens with zero attached hydrogens (tertiary/aromatic N) is 2. The number of allylic oxidation sites excluding steroid dienone is 2. The molecule has 4 nitrogen and oxygen atoms in total. The second-order valence-corrected chi connectivity index (χ2v) is 14.7. The van der Waals surface area contributed by atoms with Crippen LogP contribution in [0.3, 0.4) is 0 Å². The number of benzene rings is 3. The van der Waals surface area contributed by atoms with Gasteiger partial charge >= 0.3 is 16.5 Å². The molecule has 0 aliphatic carbocycles. The van der Waals surface area contributed by atoms with Gasteiger partial charge in [0.15, 0.2) is 0 Å². The molecule has 0 bridgehead atoms. The molecule has 5 heteroatoms. The Balaban J connectivity index is 0.000000986. The third-order valence-corrected chi connectivity index (χ3v) is 9.56. The number of rotatable bonds is 27. The van der Waals surface area contributed by atoms with Crippen LogP contribution in [0.15, 0.2) is 88.9 Å². The zero-order chi connectivity index (χ0) is 38.9. The first-order valence-corrected chi connectivity index (χ1v) is 21.6. The Morgan fingerprint density at radius 2 is 1.04 bits per heavy atom. The quantitative estimate of drug-likeness (QED) is 0.0438. The second kappa shape index (κ2) is 33.9. The molecule has 0 aromatic heterocycles. The maximum absolute atomic E-state index is 10.9. The minimum atomic E-state index is -0.407. The number of aryl methyl sites for hydroxylation is 1. The molecule has 304 valence electrons. The summed E-state index contributed by atoms with van der Waals surface area (Å²) in [6, 6.07) is 21.6. The standard InChI is InChI=1S/C40H60N2.C10H14O2.Ni/c1-4-7-10-12-14-16-18-20-22-26-36-28-24-31-38(33-36)41-35-40(30-9-6-3)42-39-32-25-29-37(34-39)27-23-21-19-17-15-13-11-8-5-2;1-2-3-4-8-5-6-9(11)10(12)7-8;/h22-29,31-35H,4-21,30H2,1-3H3;5-7,11-12H,2-4H2,1H3;/q;;+2/p-2. The van der Waals surface area contributed by atoms with E-state index in [2.05, 4.69) is 101 Å². The van der Waals surface area contributed by atoms with Gasteiger partial charge in [-0.2, -0.15) is 0 Å². The maximum Gasteiger partial charge on any atom is 2.00 e. The first-order chi connectivity index (χ1) is 26.5. The van der Waals surface area contributed by atoms with Gasteiger partial charge < -0.3 is 10.2 Å². The van der Waals surface area contributed by atoms with E-state index < -0.39 is 5.75 Å². The van der Waals surface area contributed by atoms with Gasteiger partial charge in [0.25, 0.3) is 0 Å². The number of unbranched alkanes of at least 4 members (excludes halogenated alkanes) is 16. The van der Waals surface area contributed by atoms with Crippen LogP contribution in [0.2, 0.25) is 0 Å². The van der Waals surface area contributed by atoms with E-state index in [-0.39, 0.29) is 22.2 Å². The SMILES string of the molecule is CCCCCCCCCC=Cc1cccc(N=CC(CCCC)=Nc2cccc(C=CCCCCCCCCC)c2)c1.CCCCc1ccc([O-])c([O-])c1.[Ni+2]. The molecule has 3 aromatic carbocycles. The Labute approximate surface area is 346 Å². The fourth-order valence-corrected chi connectivity index (χ4v) is 6.20. The Morgan fingerprint density at radius 3 is 1.58 bits per heavy atom. The summed E-state index contributed by atoms with van der Waals surface area (Å²) < 4.78 is 0. The molecule has 0 aliphatic heterocycles. The van der Waals surface area contributed by atoms with Crippen molar-refractivity contribution in [2.75, 3.05) is 0 Å². The van der Waals surface area contributed by atoms with E-state index in [1.54, 1.807) is 6.07 Å². The van der Waals surface area contributed by atoms with Crippen molar-refractivity contribution < 1.29 is 26.7 Å². The molecule has 0 amide bonds. The van der Waals surface area contributed by atoms with E-state index in [1.807, 2.05) is 6.21 Å². The molecule has 0 saturated carbocycles. The summed E-state index contributed by atoms with van der Waals surface area (Å²) in [5.74, 6) is -0.793. The molecule has 3 rings (SSSR count). The van der Waals surface area contributed by atoms with Gasteiger partial charge in [0.1, 0.15) is 0 Å². The van der Waals surface area contributed by atoms with Gasteiger partial charge in [-0.15, -0.1) is 11.5 Å². The van der Waals surface area contributed by atoms with E-state index in [9.17, 15) is 10.2 Å². The summed E-state index contributed by atoms with van der Waals surface area (Å²) in [7, 11) is 0. The number of aliphatic imine (C=N–C) groups is 2. The zero-order valence-electron chi connectivity index (χ0n) is 34.8. The normalized spacial score (nSPS) is 11.7. The van der Waals surface area contributed by atoms with Crippen LogP contribution in [0, 0.1) is 0 Å². The Morgan fingerprint density at radius 1 is 0.527 bits per heavy atom. The summed E-state index contributed by atoms with van der Waals surface area (Å²) in [5, 5.41) is 21.6. The topological polar surface area (TPSA) is 70.8 Å². The van der Waals surface area contributed by atoms with Crippen molar-refractivity contribution in [2.24, 2.45) is 9.98 Å². The van der Waals surface area contributed by atoms with E-state index in [0.717, 1.165) is 74.0 Å². The third kappa shape index (κ3) is 25.4.